The van der Waals surface area contributed by atoms with Crippen LogP contribution in [-0.2, 0) is 0 Å². The molecule has 0 radical (unpaired) electrons. The van der Waals surface area contributed by atoms with Crippen molar-refractivity contribution in [2.24, 2.45) is 0 Å². The highest BCUT2D eigenvalue weighted by molar-refractivity contribution is 5.99. The zero-order valence-electron chi connectivity index (χ0n) is 14.0. The van der Waals surface area contributed by atoms with Gasteiger partial charge in [0.05, 0.1) is 5.56 Å². The second kappa shape index (κ2) is 8.67. The molecule has 0 aliphatic rings. The van der Waals surface area contributed by atoms with Gasteiger partial charge in [-0.15, -0.1) is 0 Å². The molecule has 0 saturated carbocycles. The lowest BCUT2D eigenvalue weighted by Crippen LogP contribution is -2.29. The Morgan fingerprint density at radius 2 is 2.00 bits per heavy atom. The van der Waals surface area contributed by atoms with E-state index < -0.39 is 0 Å². The summed E-state index contributed by atoms with van der Waals surface area (Å²) in [6, 6.07) is 6.41. The van der Waals surface area contributed by atoms with Crippen LogP contribution in [0.1, 0.15) is 42.6 Å². The first kappa shape index (κ1) is 17.5. The Bertz CT molecular complexity index is 457. The van der Waals surface area contributed by atoms with E-state index >= 15 is 0 Å². The summed E-state index contributed by atoms with van der Waals surface area (Å²) in [5.41, 5.74) is 2.74. The summed E-state index contributed by atoms with van der Waals surface area (Å²) in [6.45, 7) is 8.20. The number of amides is 1. The fourth-order valence-electron chi connectivity index (χ4n) is 2.10. The Hall–Kier alpha value is -1.55. The molecule has 1 aromatic carbocycles. The van der Waals surface area contributed by atoms with Gasteiger partial charge >= 0.3 is 0 Å². The number of hydrogen-bond donors (Lipinski definition) is 2. The normalized spacial score (nSPS) is 11.0. The van der Waals surface area contributed by atoms with Gasteiger partial charge < -0.3 is 15.5 Å². The van der Waals surface area contributed by atoms with Crippen LogP contribution in [0.3, 0.4) is 0 Å². The summed E-state index contributed by atoms with van der Waals surface area (Å²) in [4.78, 5) is 14.5. The van der Waals surface area contributed by atoms with Gasteiger partial charge in [0.15, 0.2) is 0 Å². The van der Waals surface area contributed by atoms with Crippen LogP contribution in [0.25, 0.3) is 0 Å². The predicted molar refractivity (Wildman–Crippen MR) is 90.1 cm³/mol. The van der Waals surface area contributed by atoms with Gasteiger partial charge in [0.1, 0.15) is 0 Å². The molecule has 0 heterocycles. The highest BCUT2D eigenvalue weighted by Crippen LogP contribution is 2.16. The van der Waals surface area contributed by atoms with E-state index in [-0.39, 0.29) is 5.91 Å². The molecule has 0 aliphatic carbocycles. The predicted octanol–water partition coefficient (Wildman–Crippen LogP) is 2.89. The van der Waals surface area contributed by atoms with Crippen LogP contribution in [0, 0.1) is 6.92 Å². The average molecular weight is 291 g/mol. The summed E-state index contributed by atoms with van der Waals surface area (Å²) in [5.74, 6) is -0.00318. The van der Waals surface area contributed by atoms with Crippen molar-refractivity contribution in [3.05, 3.63) is 29.3 Å². The number of anilines is 1. The molecule has 21 heavy (non-hydrogen) atoms. The standard InChI is InChI=1S/C17H29N3O/c1-13(2)20(5)11-7-6-10-19-17(21)15-9-8-14(3)12-16(15)18-4/h8-9,12-13,18H,6-7,10-11H2,1-5H3,(H,19,21). The van der Waals surface area contributed by atoms with Crippen LogP contribution >= 0.6 is 0 Å². The molecule has 1 amide bonds. The fourth-order valence-corrected chi connectivity index (χ4v) is 2.10. The quantitative estimate of drug-likeness (QED) is 0.724. The first-order valence-electron chi connectivity index (χ1n) is 7.72. The molecule has 0 saturated heterocycles. The van der Waals surface area contributed by atoms with Crippen molar-refractivity contribution in [1.29, 1.82) is 0 Å². The van der Waals surface area contributed by atoms with E-state index in [0.717, 1.165) is 37.2 Å². The minimum atomic E-state index is -0.00318. The summed E-state index contributed by atoms with van der Waals surface area (Å²) >= 11 is 0. The summed E-state index contributed by atoms with van der Waals surface area (Å²) in [7, 11) is 3.97. The van der Waals surface area contributed by atoms with Crippen LogP contribution in [0.4, 0.5) is 5.69 Å². The minimum Gasteiger partial charge on any atom is -0.387 e. The van der Waals surface area contributed by atoms with Crippen molar-refractivity contribution in [3.8, 4) is 0 Å². The molecule has 0 bridgehead atoms. The molecule has 0 unspecified atom stereocenters. The number of nitrogens with zero attached hydrogens (tertiary/aromatic N) is 1. The van der Waals surface area contributed by atoms with Crippen molar-refractivity contribution < 1.29 is 4.79 Å². The van der Waals surface area contributed by atoms with E-state index in [2.05, 4.69) is 36.4 Å². The van der Waals surface area contributed by atoms with Crippen molar-refractivity contribution in [2.45, 2.75) is 39.7 Å². The third-order valence-electron chi connectivity index (χ3n) is 3.79. The molecular formula is C17H29N3O. The molecule has 1 aromatic rings. The minimum absolute atomic E-state index is 0.00318. The SMILES string of the molecule is CNc1cc(C)ccc1C(=O)NCCCCN(C)C(C)C. The van der Waals surface area contributed by atoms with E-state index in [1.807, 2.05) is 32.2 Å². The zero-order chi connectivity index (χ0) is 15.8. The number of nitrogens with one attached hydrogen (secondary N) is 2. The molecule has 0 fully saturated rings. The van der Waals surface area contributed by atoms with E-state index in [1.54, 1.807) is 0 Å². The largest absolute Gasteiger partial charge is 0.387 e. The molecule has 118 valence electrons. The molecular weight excluding hydrogens is 262 g/mol. The fraction of sp³-hybridized carbons (Fsp3) is 0.588. The number of carbonyl (C=O) groups is 1. The molecule has 0 atom stereocenters. The topological polar surface area (TPSA) is 44.4 Å². The highest BCUT2D eigenvalue weighted by Gasteiger charge is 2.10. The maximum Gasteiger partial charge on any atom is 0.253 e. The van der Waals surface area contributed by atoms with Gasteiger partial charge in [-0.25, -0.2) is 0 Å². The molecule has 0 spiro atoms. The van der Waals surface area contributed by atoms with E-state index in [4.69, 9.17) is 0 Å². The second-order valence-corrected chi connectivity index (χ2v) is 5.84. The Morgan fingerprint density at radius 3 is 2.62 bits per heavy atom. The van der Waals surface area contributed by atoms with Crippen molar-refractivity contribution in [3.63, 3.8) is 0 Å². The number of hydrogen-bond acceptors (Lipinski definition) is 3. The van der Waals surface area contributed by atoms with E-state index in [9.17, 15) is 4.79 Å². The van der Waals surface area contributed by atoms with Crippen LogP contribution in [0.2, 0.25) is 0 Å². The third kappa shape index (κ3) is 5.76. The van der Waals surface area contributed by atoms with E-state index in [1.165, 1.54) is 0 Å². The van der Waals surface area contributed by atoms with E-state index in [0.29, 0.717) is 11.6 Å². The number of benzene rings is 1. The van der Waals surface area contributed by atoms with Gasteiger partial charge in [-0.3, -0.25) is 4.79 Å². The van der Waals surface area contributed by atoms with Gasteiger partial charge in [0.2, 0.25) is 0 Å². The van der Waals surface area contributed by atoms with Crippen LogP contribution in [-0.4, -0.2) is 44.0 Å². The summed E-state index contributed by atoms with van der Waals surface area (Å²) < 4.78 is 0. The summed E-state index contributed by atoms with van der Waals surface area (Å²) in [5, 5.41) is 6.08. The maximum atomic E-state index is 12.2. The second-order valence-electron chi connectivity index (χ2n) is 5.84. The lowest BCUT2D eigenvalue weighted by atomic mass is 10.1. The zero-order valence-corrected chi connectivity index (χ0v) is 14.0. The van der Waals surface area contributed by atoms with Gasteiger partial charge in [0.25, 0.3) is 5.91 Å². The first-order chi connectivity index (χ1) is 9.95. The van der Waals surface area contributed by atoms with Crippen LogP contribution in [0.5, 0.6) is 0 Å². The number of unbranched alkanes of at least 4 members (excludes halogenated alkanes) is 1. The Balaban J connectivity index is 2.38. The summed E-state index contributed by atoms with van der Waals surface area (Å²) in [6.07, 6.45) is 2.10. The van der Waals surface area contributed by atoms with Crippen LogP contribution in [0.15, 0.2) is 18.2 Å². The Kier molecular flexibility index (Phi) is 7.23. The van der Waals surface area contributed by atoms with Crippen molar-refractivity contribution in [1.82, 2.24) is 10.2 Å². The molecule has 0 aliphatic heterocycles. The molecule has 4 heteroatoms. The van der Waals surface area contributed by atoms with Crippen molar-refractivity contribution in [2.75, 3.05) is 32.5 Å². The van der Waals surface area contributed by atoms with Crippen LogP contribution < -0.4 is 10.6 Å². The third-order valence-corrected chi connectivity index (χ3v) is 3.79. The number of carbonyl (C=O) groups excluding carboxylic acids is 1. The van der Waals surface area contributed by atoms with Gasteiger partial charge in [-0.2, -0.15) is 0 Å². The van der Waals surface area contributed by atoms with Gasteiger partial charge in [-0.05, 0) is 64.9 Å². The molecule has 0 aromatic heterocycles. The van der Waals surface area contributed by atoms with Crippen molar-refractivity contribution >= 4 is 11.6 Å². The molecule has 1 rings (SSSR count). The average Bonchev–Trinajstić information content (AvgIpc) is 2.45. The number of aryl methyl sites for hydroxylation is 1. The molecule has 4 nitrogen and oxygen atoms in total. The molecule has 2 N–H and O–H groups in total. The maximum absolute atomic E-state index is 12.2. The number of rotatable bonds is 8. The lowest BCUT2D eigenvalue weighted by molar-refractivity contribution is 0.0953. The Morgan fingerprint density at radius 1 is 1.29 bits per heavy atom. The Labute approximate surface area is 128 Å². The lowest BCUT2D eigenvalue weighted by Gasteiger charge is -2.20. The smallest absolute Gasteiger partial charge is 0.253 e. The van der Waals surface area contributed by atoms with Gasteiger partial charge in [0, 0.05) is 25.3 Å². The first-order valence-corrected chi connectivity index (χ1v) is 7.72. The monoisotopic (exact) mass is 291 g/mol. The highest BCUT2D eigenvalue weighted by atomic mass is 16.1. The van der Waals surface area contributed by atoms with Gasteiger partial charge in [-0.1, -0.05) is 6.07 Å².